The van der Waals surface area contributed by atoms with E-state index in [9.17, 15) is 4.79 Å². The number of ether oxygens (including phenoxy) is 2. The summed E-state index contributed by atoms with van der Waals surface area (Å²) < 4.78 is 13.0. The molecule has 3 aromatic rings. The Hall–Kier alpha value is -3.54. The van der Waals surface area contributed by atoms with Gasteiger partial charge in [-0.25, -0.2) is 4.68 Å². The Kier molecular flexibility index (Phi) is 8.08. The molecular weight excluding hydrogens is 402 g/mol. The van der Waals surface area contributed by atoms with Gasteiger partial charge in [-0.05, 0) is 75.1 Å². The smallest absolute Gasteiger partial charge is 0.243 e. The van der Waals surface area contributed by atoms with E-state index in [0.29, 0.717) is 18.0 Å². The van der Waals surface area contributed by atoms with E-state index in [1.54, 1.807) is 13.2 Å². The second kappa shape index (κ2) is 11.2. The van der Waals surface area contributed by atoms with Gasteiger partial charge in [0.1, 0.15) is 0 Å². The maximum Gasteiger partial charge on any atom is 0.243 e. The van der Waals surface area contributed by atoms with E-state index in [4.69, 9.17) is 9.47 Å². The summed E-state index contributed by atoms with van der Waals surface area (Å²) >= 11 is 0. The molecule has 0 saturated carbocycles. The first-order chi connectivity index (χ1) is 15.5. The van der Waals surface area contributed by atoms with Crippen LogP contribution in [0.4, 0.5) is 0 Å². The van der Waals surface area contributed by atoms with E-state index >= 15 is 0 Å². The van der Waals surface area contributed by atoms with Crippen LogP contribution in [0, 0.1) is 6.92 Å². The van der Waals surface area contributed by atoms with Gasteiger partial charge in [0.05, 0.1) is 24.6 Å². The zero-order chi connectivity index (χ0) is 22.9. The number of rotatable bonds is 10. The minimum Gasteiger partial charge on any atom is -0.493 e. The molecule has 2 aromatic carbocycles. The summed E-state index contributed by atoms with van der Waals surface area (Å²) in [5.41, 5.74) is 4.12. The molecule has 1 N–H and O–H groups in total. The third-order valence-corrected chi connectivity index (χ3v) is 4.92. The van der Waals surface area contributed by atoms with E-state index in [-0.39, 0.29) is 12.0 Å². The van der Waals surface area contributed by atoms with Crippen LogP contribution in [-0.4, -0.2) is 35.4 Å². The van der Waals surface area contributed by atoms with Gasteiger partial charge in [-0.2, -0.15) is 5.10 Å². The molecule has 1 aromatic heterocycles. The molecule has 0 fully saturated rings. The van der Waals surface area contributed by atoms with Crippen molar-refractivity contribution in [1.29, 1.82) is 0 Å². The standard InChI is InChI=1S/C26H31N3O3/c1-19(2)32-24-14-12-21(17-25(24)31-4)13-15-26(30)27-16-8-9-22-18-29(28-20(22)3)23-10-6-5-7-11-23/h5-7,10-15,17-19H,8-9,16H2,1-4H3,(H,27,30)/b15-13+. The topological polar surface area (TPSA) is 65.4 Å². The van der Waals surface area contributed by atoms with Gasteiger partial charge in [-0.3, -0.25) is 4.79 Å². The van der Waals surface area contributed by atoms with Gasteiger partial charge in [0.2, 0.25) is 5.91 Å². The fourth-order valence-electron chi connectivity index (χ4n) is 3.31. The second-order valence-corrected chi connectivity index (χ2v) is 7.82. The number of para-hydroxylation sites is 1. The average molecular weight is 434 g/mol. The van der Waals surface area contributed by atoms with E-state index in [0.717, 1.165) is 29.8 Å². The summed E-state index contributed by atoms with van der Waals surface area (Å²) in [4.78, 5) is 12.2. The summed E-state index contributed by atoms with van der Waals surface area (Å²) in [5, 5.41) is 7.53. The molecule has 6 nitrogen and oxygen atoms in total. The molecule has 3 rings (SSSR count). The molecule has 0 unspecified atom stereocenters. The summed E-state index contributed by atoms with van der Waals surface area (Å²) in [6, 6.07) is 15.7. The number of aromatic nitrogens is 2. The van der Waals surface area contributed by atoms with Gasteiger partial charge in [-0.1, -0.05) is 24.3 Å². The van der Waals surface area contributed by atoms with E-state index in [2.05, 4.69) is 16.6 Å². The van der Waals surface area contributed by atoms with Gasteiger partial charge in [-0.15, -0.1) is 0 Å². The Morgan fingerprint density at radius 3 is 2.66 bits per heavy atom. The molecule has 6 heteroatoms. The Morgan fingerprint density at radius 2 is 1.94 bits per heavy atom. The zero-order valence-corrected chi connectivity index (χ0v) is 19.2. The number of aryl methyl sites for hydroxylation is 2. The average Bonchev–Trinajstić information content (AvgIpc) is 3.16. The highest BCUT2D eigenvalue weighted by Gasteiger charge is 2.08. The van der Waals surface area contributed by atoms with Crippen molar-refractivity contribution in [3.63, 3.8) is 0 Å². The molecule has 0 spiro atoms. The summed E-state index contributed by atoms with van der Waals surface area (Å²) in [7, 11) is 1.61. The zero-order valence-electron chi connectivity index (χ0n) is 19.2. The summed E-state index contributed by atoms with van der Waals surface area (Å²) in [5.74, 6) is 1.21. The lowest BCUT2D eigenvalue weighted by Gasteiger charge is -2.13. The molecule has 0 aliphatic carbocycles. The van der Waals surface area contributed by atoms with Crippen molar-refractivity contribution in [3.05, 3.63) is 77.6 Å². The van der Waals surface area contributed by atoms with Crippen molar-refractivity contribution in [2.45, 2.75) is 39.7 Å². The Balaban J connectivity index is 1.47. The number of carbonyl (C=O) groups excluding carboxylic acids is 1. The summed E-state index contributed by atoms with van der Waals surface area (Å²) in [6.07, 6.45) is 7.13. The predicted molar refractivity (Wildman–Crippen MR) is 127 cm³/mol. The number of methoxy groups -OCH3 is 1. The maximum absolute atomic E-state index is 12.2. The van der Waals surface area contributed by atoms with E-state index in [1.807, 2.05) is 74.0 Å². The number of amides is 1. The lowest BCUT2D eigenvalue weighted by Crippen LogP contribution is -2.22. The number of hydrogen-bond acceptors (Lipinski definition) is 4. The number of nitrogens with one attached hydrogen (secondary N) is 1. The quantitative estimate of drug-likeness (QED) is 0.371. The van der Waals surface area contributed by atoms with Crippen LogP contribution in [0.15, 0.2) is 60.8 Å². The lowest BCUT2D eigenvalue weighted by atomic mass is 10.1. The molecule has 0 atom stereocenters. The Morgan fingerprint density at radius 1 is 1.16 bits per heavy atom. The first-order valence-electron chi connectivity index (χ1n) is 10.9. The molecule has 0 bridgehead atoms. The van der Waals surface area contributed by atoms with E-state index < -0.39 is 0 Å². The number of benzene rings is 2. The molecule has 0 radical (unpaired) electrons. The minimum atomic E-state index is -0.122. The van der Waals surface area contributed by atoms with Crippen LogP contribution in [0.5, 0.6) is 11.5 Å². The van der Waals surface area contributed by atoms with Gasteiger partial charge in [0, 0.05) is 18.8 Å². The Labute approximate surface area is 189 Å². The number of hydrogen-bond donors (Lipinski definition) is 1. The molecule has 1 heterocycles. The van der Waals surface area contributed by atoms with Gasteiger partial charge in [0.25, 0.3) is 0 Å². The molecule has 32 heavy (non-hydrogen) atoms. The largest absolute Gasteiger partial charge is 0.493 e. The second-order valence-electron chi connectivity index (χ2n) is 7.82. The van der Waals surface area contributed by atoms with Crippen LogP contribution >= 0.6 is 0 Å². The van der Waals surface area contributed by atoms with Crippen molar-refractivity contribution in [2.24, 2.45) is 0 Å². The predicted octanol–water partition coefficient (Wildman–Crippen LogP) is 4.74. The molecule has 0 saturated heterocycles. The van der Waals surface area contributed by atoms with Crippen molar-refractivity contribution >= 4 is 12.0 Å². The highest BCUT2D eigenvalue weighted by Crippen LogP contribution is 2.29. The molecular formula is C26H31N3O3. The minimum absolute atomic E-state index is 0.0625. The van der Waals surface area contributed by atoms with Crippen LogP contribution in [0.1, 0.15) is 37.1 Å². The lowest BCUT2D eigenvalue weighted by molar-refractivity contribution is -0.116. The van der Waals surface area contributed by atoms with Crippen LogP contribution in [0.3, 0.4) is 0 Å². The van der Waals surface area contributed by atoms with Crippen LogP contribution in [-0.2, 0) is 11.2 Å². The van der Waals surface area contributed by atoms with Crippen molar-refractivity contribution in [3.8, 4) is 17.2 Å². The monoisotopic (exact) mass is 433 g/mol. The SMILES string of the molecule is COc1cc(/C=C/C(=O)NCCCc2cn(-c3ccccc3)nc2C)ccc1OC(C)C. The van der Waals surface area contributed by atoms with Gasteiger partial charge < -0.3 is 14.8 Å². The van der Waals surface area contributed by atoms with Crippen LogP contribution in [0.2, 0.25) is 0 Å². The number of nitrogens with zero attached hydrogens (tertiary/aromatic N) is 2. The first-order valence-corrected chi connectivity index (χ1v) is 10.9. The van der Waals surface area contributed by atoms with E-state index in [1.165, 1.54) is 11.6 Å². The third kappa shape index (κ3) is 6.48. The fourth-order valence-corrected chi connectivity index (χ4v) is 3.31. The number of carbonyl (C=O) groups is 1. The Bertz CT molecular complexity index is 1060. The molecule has 0 aliphatic heterocycles. The van der Waals surface area contributed by atoms with Crippen LogP contribution < -0.4 is 14.8 Å². The first kappa shape index (κ1) is 23.1. The highest BCUT2D eigenvalue weighted by atomic mass is 16.5. The summed E-state index contributed by atoms with van der Waals surface area (Å²) in [6.45, 7) is 6.55. The van der Waals surface area contributed by atoms with Crippen molar-refractivity contribution < 1.29 is 14.3 Å². The van der Waals surface area contributed by atoms with Crippen molar-refractivity contribution in [1.82, 2.24) is 15.1 Å². The molecule has 168 valence electrons. The van der Waals surface area contributed by atoms with Gasteiger partial charge >= 0.3 is 0 Å². The third-order valence-electron chi connectivity index (χ3n) is 4.92. The fraction of sp³-hybridized carbons (Fsp3) is 0.308. The maximum atomic E-state index is 12.2. The molecule has 0 aliphatic rings. The highest BCUT2D eigenvalue weighted by molar-refractivity contribution is 5.91. The van der Waals surface area contributed by atoms with Crippen LogP contribution in [0.25, 0.3) is 11.8 Å². The van der Waals surface area contributed by atoms with Gasteiger partial charge in [0.15, 0.2) is 11.5 Å². The molecule has 1 amide bonds. The normalized spacial score (nSPS) is 11.2. The van der Waals surface area contributed by atoms with Crippen molar-refractivity contribution in [2.75, 3.05) is 13.7 Å².